The minimum atomic E-state index is -3.91. The van der Waals surface area contributed by atoms with E-state index in [0.717, 1.165) is 11.3 Å². The number of rotatable bonds is 4. The van der Waals surface area contributed by atoms with E-state index in [2.05, 4.69) is 4.72 Å². The molecular weight excluding hydrogens is 324 g/mol. The Kier molecular flexibility index (Phi) is 4.22. The largest absolute Gasteiger partial charge is 0.312 e. The summed E-state index contributed by atoms with van der Waals surface area (Å²) in [6.07, 6.45) is 1.71. The van der Waals surface area contributed by atoms with Gasteiger partial charge in [-0.1, -0.05) is 35.9 Å². The molecule has 2 aromatic carbocycles. The zero-order valence-corrected chi connectivity index (χ0v) is 13.8. The lowest BCUT2D eigenvalue weighted by atomic mass is 10.2. The van der Waals surface area contributed by atoms with Crippen molar-refractivity contribution in [3.8, 4) is 5.69 Å². The van der Waals surface area contributed by atoms with Crippen molar-refractivity contribution >= 4 is 15.9 Å². The number of aromatic nitrogens is 1. The molecule has 1 heterocycles. The van der Waals surface area contributed by atoms with Gasteiger partial charge in [0.1, 0.15) is 5.69 Å². The fourth-order valence-corrected chi connectivity index (χ4v) is 3.29. The highest BCUT2D eigenvalue weighted by Crippen LogP contribution is 2.14. The van der Waals surface area contributed by atoms with Crippen LogP contribution in [0.15, 0.2) is 77.8 Å². The molecule has 0 spiro atoms. The smallest absolute Gasteiger partial charge is 0.281 e. The van der Waals surface area contributed by atoms with E-state index in [1.807, 2.05) is 37.3 Å². The molecule has 0 saturated heterocycles. The Morgan fingerprint density at radius 2 is 1.58 bits per heavy atom. The van der Waals surface area contributed by atoms with Crippen molar-refractivity contribution in [2.75, 3.05) is 0 Å². The second-order valence-corrected chi connectivity index (χ2v) is 7.03. The summed E-state index contributed by atoms with van der Waals surface area (Å²) in [5.41, 5.74) is 1.97. The van der Waals surface area contributed by atoms with Crippen molar-refractivity contribution in [3.63, 3.8) is 0 Å². The van der Waals surface area contributed by atoms with Crippen molar-refractivity contribution in [3.05, 3.63) is 84.2 Å². The van der Waals surface area contributed by atoms with Gasteiger partial charge < -0.3 is 4.57 Å². The number of benzene rings is 2. The zero-order chi connectivity index (χ0) is 17.2. The molecule has 6 heteroatoms. The second-order valence-electron chi connectivity index (χ2n) is 5.35. The van der Waals surface area contributed by atoms with Gasteiger partial charge in [0.25, 0.3) is 15.9 Å². The lowest BCUT2D eigenvalue weighted by Crippen LogP contribution is -2.31. The summed E-state index contributed by atoms with van der Waals surface area (Å²) >= 11 is 0. The maximum atomic E-state index is 12.4. The molecule has 0 radical (unpaired) electrons. The summed E-state index contributed by atoms with van der Waals surface area (Å²) in [6, 6.07) is 18.8. The molecule has 1 aromatic heterocycles. The molecule has 0 aliphatic carbocycles. The van der Waals surface area contributed by atoms with Crippen molar-refractivity contribution < 1.29 is 13.2 Å². The van der Waals surface area contributed by atoms with Gasteiger partial charge in [-0.25, -0.2) is 13.1 Å². The summed E-state index contributed by atoms with van der Waals surface area (Å²) in [7, 11) is -3.91. The Morgan fingerprint density at radius 1 is 0.917 bits per heavy atom. The van der Waals surface area contributed by atoms with Crippen LogP contribution in [0.4, 0.5) is 0 Å². The summed E-state index contributed by atoms with van der Waals surface area (Å²) in [5, 5.41) is 0. The monoisotopic (exact) mass is 340 g/mol. The Morgan fingerprint density at radius 3 is 2.25 bits per heavy atom. The van der Waals surface area contributed by atoms with Gasteiger partial charge in [-0.2, -0.15) is 0 Å². The van der Waals surface area contributed by atoms with Gasteiger partial charge in [0, 0.05) is 11.9 Å². The van der Waals surface area contributed by atoms with E-state index in [1.54, 1.807) is 35.0 Å². The third-order valence-electron chi connectivity index (χ3n) is 3.57. The molecule has 0 aliphatic heterocycles. The SMILES string of the molecule is Cc1ccc(S(=O)(=O)NC(=O)c2cccn2-c2ccccc2)cc1. The zero-order valence-electron chi connectivity index (χ0n) is 13.0. The second kappa shape index (κ2) is 6.33. The fraction of sp³-hybridized carbons (Fsp3) is 0.0556. The molecule has 5 nitrogen and oxygen atoms in total. The topological polar surface area (TPSA) is 68.2 Å². The lowest BCUT2D eigenvalue weighted by molar-refractivity contribution is 0.0975. The predicted octanol–water partition coefficient (Wildman–Crippen LogP) is 2.90. The van der Waals surface area contributed by atoms with Crippen LogP contribution in [0, 0.1) is 6.92 Å². The Bertz CT molecular complexity index is 959. The molecule has 0 unspecified atom stereocenters. The number of carbonyl (C=O) groups excluding carboxylic acids is 1. The van der Waals surface area contributed by atoms with Gasteiger partial charge in [-0.15, -0.1) is 0 Å². The van der Waals surface area contributed by atoms with Crippen LogP contribution in [0.1, 0.15) is 16.1 Å². The minimum absolute atomic E-state index is 0.0549. The van der Waals surface area contributed by atoms with E-state index >= 15 is 0 Å². The molecule has 0 fully saturated rings. The number of para-hydroxylation sites is 1. The van der Waals surface area contributed by atoms with Crippen LogP contribution in [0.2, 0.25) is 0 Å². The van der Waals surface area contributed by atoms with Gasteiger partial charge in [-0.05, 0) is 43.3 Å². The summed E-state index contributed by atoms with van der Waals surface area (Å²) < 4.78 is 28.5. The first-order valence-corrected chi connectivity index (χ1v) is 8.82. The molecule has 24 heavy (non-hydrogen) atoms. The summed E-state index contributed by atoms with van der Waals surface area (Å²) in [4.78, 5) is 12.5. The van der Waals surface area contributed by atoms with Gasteiger partial charge in [0.05, 0.1) is 4.90 Å². The highest BCUT2D eigenvalue weighted by atomic mass is 32.2. The average molecular weight is 340 g/mol. The molecule has 122 valence electrons. The van der Waals surface area contributed by atoms with E-state index in [-0.39, 0.29) is 10.6 Å². The molecule has 0 saturated carbocycles. The molecule has 0 bridgehead atoms. The van der Waals surface area contributed by atoms with E-state index in [4.69, 9.17) is 0 Å². The normalized spacial score (nSPS) is 11.2. The van der Waals surface area contributed by atoms with E-state index in [1.165, 1.54) is 12.1 Å². The van der Waals surface area contributed by atoms with Gasteiger partial charge in [0.15, 0.2) is 0 Å². The number of hydrogen-bond acceptors (Lipinski definition) is 3. The minimum Gasteiger partial charge on any atom is -0.312 e. The van der Waals surface area contributed by atoms with E-state index in [0.29, 0.717) is 0 Å². The molecule has 1 amide bonds. The molecule has 0 atom stereocenters. The number of hydrogen-bond donors (Lipinski definition) is 1. The van der Waals surface area contributed by atoms with E-state index < -0.39 is 15.9 Å². The Balaban J connectivity index is 1.89. The predicted molar refractivity (Wildman–Crippen MR) is 91.6 cm³/mol. The third-order valence-corrected chi connectivity index (χ3v) is 4.92. The summed E-state index contributed by atoms with van der Waals surface area (Å²) in [5.74, 6) is -0.676. The standard InChI is InChI=1S/C18H16N2O3S/c1-14-9-11-16(12-10-14)24(22,23)19-18(21)17-8-5-13-20(17)15-6-3-2-4-7-15/h2-13H,1H3,(H,19,21). The van der Waals surface area contributed by atoms with Crippen LogP contribution in [-0.2, 0) is 10.0 Å². The van der Waals surface area contributed by atoms with Crippen LogP contribution >= 0.6 is 0 Å². The van der Waals surface area contributed by atoms with Crippen LogP contribution in [0.3, 0.4) is 0 Å². The maximum Gasteiger partial charge on any atom is 0.281 e. The first kappa shape index (κ1) is 16.0. The molecule has 3 rings (SSSR count). The van der Waals surface area contributed by atoms with Crippen LogP contribution in [0.5, 0.6) is 0 Å². The molecular formula is C18H16N2O3S. The molecule has 3 aromatic rings. The van der Waals surface area contributed by atoms with Crippen LogP contribution in [0.25, 0.3) is 5.69 Å². The number of amides is 1. The van der Waals surface area contributed by atoms with E-state index in [9.17, 15) is 13.2 Å². The average Bonchev–Trinajstić information content (AvgIpc) is 3.05. The molecule has 0 aliphatic rings. The van der Waals surface area contributed by atoms with Crippen molar-refractivity contribution in [1.29, 1.82) is 0 Å². The van der Waals surface area contributed by atoms with Crippen molar-refractivity contribution in [2.24, 2.45) is 0 Å². The first-order valence-electron chi connectivity index (χ1n) is 7.34. The number of nitrogens with zero attached hydrogens (tertiary/aromatic N) is 1. The Hall–Kier alpha value is -2.86. The van der Waals surface area contributed by atoms with Crippen molar-refractivity contribution in [2.45, 2.75) is 11.8 Å². The lowest BCUT2D eigenvalue weighted by Gasteiger charge is -2.10. The Labute approximate surface area is 140 Å². The maximum absolute atomic E-state index is 12.4. The number of nitrogens with one attached hydrogen (secondary N) is 1. The number of carbonyl (C=O) groups is 1. The fourth-order valence-electron chi connectivity index (χ4n) is 2.33. The van der Waals surface area contributed by atoms with Crippen LogP contribution < -0.4 is 4.72 Å². The van der Waals surface area contributed by atoms with Gasteiger partial charge in [0.2, 0.25) is 0 Å². The first-order chi connectivity index (χ1) is 11.5. The molecule has 1 N–H and O–H groups in total. The van der Waals surface area contributed by atoms with Crippen molar-refractivity contribution in [1.82, 2.24) is 9.29 Å². The highest BCUT2D eigenvalue weighted by Gasteiger charge is 2.20. The van der Waals surface area contributed by atoms with Gasteiger partial charge >= 0.3 is 0 Å². The number of aryl methyl sites for hydroxylation is 1. The van der Waals surface area contributed by atoms with Crippen LogP contribution in [-0.4, -0.2) is 18.9 Å². The summed E-state index contributed by atoms with van der Waals surface area (Å²) in [6.45, 7) is 1.86. The third kappa shape index (κ3) is 3.23. The number of sulfonamides is 1. The quantitative estimate of drug-likeness (QED) is 0.794. The highest BCUT2D eigenvalue weighted by molar-refractivity contribution is 7.90. The van der Waals surface area contributed by atoms with Gasteiger partial charge in [-0.3, -0.25) is 4.79 Å².